The van der Waals surface area contributed by atoms with Crippen LogP contribution in [0.15, 0.2) is 27.7 Å². The molecule has 0 aromatic carbocycles. The molecule has 19 heavy (non-hydrogen) atoms. The largest absolute Gasteiger partial charge is 0.328 e. The van der Waals surface area contributed by atoms with Crippen LogP contribution >= 0.6 is 0 Å². The molecule has 0 amide bonds. The topological polar surface area (TPSA) is 54.9 Å². The second-order valence-electron chi connectivity index (χ2n) is 4.70. The summed E-state index contributed by atoms with van der Waals surface area (Å²) in [6.45, 7) is 3.59. The van der Waals surface area contributed by atoms with E-state index in [2.05, 4.69) is 11.9 Å². The molecule has 1 rings (SSSR count). The Bertz CT molecular complexity index is 543. The molecule has 1 aromatic rings. The quantitative estimate of drug-likeness (QED) is 0.773. The van der Waals surface area contributed by atoms with Gasteiger partial charge in [0.1, 0.15) is 5.83 Å². The zero-order valence-electron chi connectivity index (χ0n) is 11.5. The van der Waals surface area contributed by atoms with Crippen molar-refractivity contribution in [3.63, 3.8) is 0 Å². The number of aromatic nitrogens is 2. The number of allylic oxidation sites excluding steroid dienone is 2. The Hall–Kier alpha value is -1.65. The lowest BCUT2D eigenvalue weighted by Gasteiger charge is -2.04. The van der Waals surface area contributed by atoms with Crippen molar-refractivity contribution in [2.75, 3.05) is 0 Å². The minimum absolute atomic E-state index is 0.121. The van der Waals surface area contributed by atoms with Gasteiger partial charge in [0.05, 0.1) is 6.54 Å². The van der Waals surface area contributed by atoms with Gasteiger partial charge >= 0.3 is 5.69 Å². The first kappa shape index (κ1) is 15.4. The maximum atomic E-state index is 13.6. The smallest absolute Gasteiger partial charge is 0.294 e. The number of nitrogens with zero attached hydrogens (tertiary/aromatic N) is 1. The number of halogens is 1. The summed E-state index contributed by atoms with van der Waals surface area (Å²) < 4.78 is 14.8. The van der Waals surface area contributed by atoms with Gasteiger partial charge in [0.15, 0.2) is 0 Å². The van der Waals surface area contributed by atoms with E-state index in [1.807, 2.05) is 0 Å². The number of aromatic amines is 1. The van der Waals surface area contributed by atoms with Crippen molar-refractivity contribution in [2.45, 2.75) is 52.5 Å². The Balaban J connectivity index is 2.59. The predicted octanol–water partition coefficient (Wildman–Crippen LogP) is 2.67. The highest BCUT2D eigenvalue weighted by Crippen LogP contribution is 2.07. The summed E-state index contributed by atoms with van der Waals surface area (Å²) in [5.41, 5.74) is -0.606. The fourth-order valence-corrected chi connectivity index (χ4v) is 1.79. The first-order chi connectivity index (χ1) is 9.04. The summed E-state index contributed by atoms with van der Waals surface area (Å²) in [5, 5.41) is 0. The Morgan fingerprint density at radius 1 is 1.37 bits per heavy atom. The lowest BCUT2D eigenvalue weighted by molar-refractivity contribution is 0.532. The lowest BCUT2D eigenvalue weighted by Crippen LogP contribution is -2.30. The number of nitrogens with one attached hydrogen (secondary N) is 1. The van der Waals surface area contributed by atoms with Crippen LogP contribution in [-0.4, -0.2) is 9.55 Å². The van der Waals surface area contributed by atoms with Crippen LogP contribution in [0.4, 0.5) is 4.39 Å². The molecular weight excluding hydrogens is 247 g/mol. The van der Waals surface area contributed by atoms with Crippen LogP contribution in [0, 0.1) is 6.92 Å². The molecule has 4 nitrogen and oxygen atoms in total. The monoisotopic (exact) mass is 268 g/mol. The van der Waals surface area contributed by atoms with Gasteiger partial charge < -0.3 is 0 Å². The first-order valence-electron chi connectivity index (χ1n) is 6.69. The summed E-state index contributed by atoms with van der Waals surface area (Å²) in [6, 6.07) is 0. The Morgan fingerprint density at radius 3 is 2.79 bits per heavy atom. The van der Waals surface area contributed by atoms with E-state index in [9.17, 15) is 14.0 Å². The van der Waals surface area contributed by atoms with Crippen LogP contribution in [0.5, 0.6) is 0 Å². The molecular formula is C14H21FN2O2. The number of aryl methyl sites for hydroxylation is 1. The van der Waals surface area contributed by atoms with Gasteiger partial charge in [-0.1, -0.05) is 32.3 Å². The Morgan fingerprint density at radius 2 is 2.11 bits per heavy atom. The van der Waals surface area contributed by atoms with Crippen molar-refractivity contribution in [3.8, 4) is 0 Å². The molecule has 0 aliphatic rings. The highest BCUT2D eigenvalue weighted by atomic mass is 19.1. The molecule has 0 spiro atoms. The molecule has 1 N–H and O–H groups in total. The van der Waals surface area contributed by atoms with Gasteiger partial charge in [-0.15, -0.1) is 0 Å². The van der Waals surface area contributed by atoms with Crippen LogP contribution in [0.25, 0.3) is 0 Å². The summed E-state index contributed by atoms with van der Waals surface area (Å²) in [5.74, 6) is -0.343. The predicted molar refractivity (Wildman–Crippen MR) is 74.0 cm³/mol. The summed E-state index contributed by atoms with van der Waals surface area (Å²) >= 11 is 0. The zero-order chi connectivity index (χ0) is 14.3. The molecule has 0 bridgehead atoms. The molecule has 1 heterocycles. The fourth-order valence-electron chi connectivity index (χ4n) is 1.79. The van der Waals surface area contributed by atoms with E-state index < -0.39 is 11.2 Å². The molecule has 0 radical (unpaired) electrons. The third kappa shape index (κ3) is 5.24. The average Bonchev–Trinajstić information content (AvgIpc) is 2.35. The number of rotatable bonds is 7. The van der Waals surface area contributed by atoms with Gasteiger partial charge in [-0.3, -0.25) is 14.3 Å². The van der Waals surface area contributed by atoms with E-state index in [0.29, 0.717) is 12.0 Å². The van der Waals surface area contributed by atoms with Gasteiger partial charge in [0.25, 0.3) is 5.56 Å². The van der Waals surface area contributed by atoms with Crippen molar-refractivity contribution in [1.29, 1.82) is 0 Å². The minimum Gasteiger partial charge on any atom is -0.294 e. The minimum atomic E-state index is -0.579. The van der Waals surface area contributed by atoms with Gasteiger partial charge in [0.2, 0.25) is 0 Å². The van der Waals surface area contributed by atoms with E-state index in [0.717, 1.165) is 25.7 Å². The number of hydrogen-bond donors (Lipinski definition) is 1. The maximum Gasteiger partial charge on any atom is 0.328 e. The lowest BCUT2D eigenvalue weighted by atomic mass is 10.1. The van der Waals surface area contributed by atoms with E-state index >= 15 is 0 Å². The van der Waals surface area contributed by atoms with E-state index in [1.54, 1.807) is 6.92 Å². The molecule has 5 heteroatoms. The van der Waals surface area contributed by atoms with Crippen molar-refractivity contribution >= 4 is 0 Å². The molecule has 0 saturated carbocycles. The third-order valence-corrected chi connectivity index (χ3v) is 2.93. The average molecular weight is 268 g/mol. The van der Waals surface area contributed by atoms with Crippen LogP contribution in [0.2, 0.25) is 0 Å². The fraction of sp³-hybridized carbons (Fsp3) is 0.571. The van der Waals surface area contributed by atoms with Crippen LogP contribution in [0.3, 0.4) is 0 Å². The molecule has 106 valence electrons. The second kappa shape index (κ2) is 7.71. The van der Waals surface area contributed by atoms with Crippen LogP contribution in [-0.2, 0) is 6.54 Å². The van der Waals surface area contributed by atoms with Crippen LogP contribution < -0.4 is 11.2 Å². The van der Waals surface area contributed by atoms with Crippen LogP contribution in [0.1, 0.15) is 44.6 Å². The molecule has 0 unspecified atom stereocenters. The number of hydrogen-bond acceptors (Lipinski definition) is 2. The van der Waals surface area contributed by atoms with Crippen molar-refractivity contribution in [2.24, 2.45) is 0 Å². The Labute approximate surface area is 112 Å². The van der Waals surface area contributed by atoms with E-state index in [-0.39, 0.29) is 12.4 Å². The number of unbranched alkanes of at least 4 members (excludes halogenated alkanes) is 4. The van der Waals surface area contributed by atoms with Crippen molar-refractivity contribution < 1.29 is 4.39 Å². The summed E-state index contributed by atoms with van der Waals surface area (Å²) in [7, 11) is 0. The van der Waals surface area contributed by atoms with Gasteiger partial charge in [0, 0.05) is 11.8 Å². The molecule has 1 aromatic heterocycles. The van der Waals surface area contributed by atoms with Gasteiger partial charge in [-0.2, -0.15) is 0 Å². The SMILES string of the molecule is CCCCCC/C=C(\F)Cn1cc(C)c(=O)[nH]c1=O. The molecule has 0 aliphatic heterocycles. The molecule has 0 saturated heterocycles. The van der Waals surface area contributed by atoms with E-state index in [4.69, 9.17) is 0 Å². The van der Waals surface area contributed by atoms with E-state index in [1.165, 1.54) is 16.8 Å². The Kier molecular flexibility index (Phi) is 6.25. The number of H-pyrrole nitrogens is 1. The highest BCUT2D eigenvalue weighted by Gasteiger charge is 2.03. The standard InChI is InChI=1S/C14H21FN2O2/c1-3-4-5-6-7-8-12(15)10-17-9-11(2)13(18)16-14(17)19/h8-9H,3-7,10H2,1-2H3,(H,16,18,19)/b12-8-. The van der Waals surface area contributed by atoms with Crippen molar-refractivity contribution in [1.82, 2.24) is 9.55 Å². The molecule has 0 atom stereocenters. The maximum absolute atomic E-state index is 13.6. The normalized spacial score (nSPS) is 11.8. The van der Waals surface area contributed by atoms with Crippen molar-refractivity contribution in [3.05, 3.63) is 44.5 Å². The summed E-state index contributed by atoms with van der Waals surface area (Å²) in [4.78, 5) is 24.8. The van der Waals surface area contributed by atoms with Gasteiger partial charge in [-0.05, 0) is 19.8 Å². The molecule has 0 fully saturated rings. The zero-order valence-corrected chi connectivity index (χ0v) is 11.5. The third-order valence-electron chi connectivity index (χ3n) is 2.93. The van der Waals surface area contributed by atoms with Gasteiger partial charge in [-0.25, -0.2) is 9.18 Å². The first-order valence-corrected chi connectivity index (χ1v) is 6.69. The molecule has 0 aliphatic carbocycles. The second-order valence-corrected chi connectivity index (χ2v) is 4.70. The highest BCUT2D eigenvalue weighted by molar-refractivity contribution is 5.02. The summed E-state index contributed by atoms with van der Waals surface area (Å²) in [6.07, 6.45) is 7.95.